The third kappa shape index (κ3) is 1.93. The molecule has 0 bridgehead atoms. The first-order chi connectivity index (χ1) is 5.24. The number of nitrogens with zero attached hydrogens (tertiary/aromatic N) is 1. The van der Waals surface area contributed by atoms with Crippen molar-refractivity contribution in [3.63, 3.8) is 0 Å². The molecule has 1 rings (SSSR count). The maximum Gasteiger partial charge on any atom is 0.122 e. The summed E-state index contributed by atoms with van der Waals surface area (Å²) in [6.45, 7) is 4.23. The summed E-state index contributed by atoms with van der Waals surface area (Å²) in [5, 5.41) is 0. The molecule has 1 heterocycles. The predicted octanol–water partition coefficient (Wildman–Crippen LogP) is 2.21. The number of aromatic nitrogens is 1. The summed E-state index contributed by atoms with van der Waals surface area (Å²) >= 11 is 0. The van der Waals surface area contributed by atoms with Crippen LogP contribution in [0.2, 0.25) is 0 Å². The normalized spacial score (nSPS) is 10.2. The van der Waals surface area contributed by atoms with E-state index in [1.54, 1.807) is 13.3 Å². The summed E-state index contributed by atoms with van der Waals surface area (Å²) < 4.78 is 5.07. The van der Waals surface area contributed by atoms with Gasteiger partial charge in [-0.25, -0.2) is 0 Å². The molecular formula is C9H13NO. The predicted molar refractivity (Wildman–Crippen MR) is 44.9 cm³/mol. The van der Waals surface area contributed by atoms with Gasteiger partial charge >= 0.3 is 0 Å². The van der Waals surface area contributed by atoms with Crippen LogP contribution in [-0.4, -0.2) is 12.1 Å². The van der Waals surface area contributed by atoms with Crippen LogP contribution in [0.4, 0.5) is 0 Å². The van der Waals surface area contributed by atoms with Crippen molar-refractivity contribution < 1.29 is 4.74 Å². The Balaban J connectivity index is 2.91. The van der Waals surface area contributed by atoms with Crippen LogP contribution in [0.15, 0.2) is 18.3 Å². The maximum atomic E-state index is 5.07. The van der Waals surface area contributed by atoms with Crippen LogP contribution in [0, 0.1) is 0 Å². The highest BCUT2D eigenvalue weighted by molar-refractivity contribution is 5.23. The monoisotopic (exact) mass is 151 g/mol. The van der Waals surface area contributed by atoms with Crippen LogP contribution in [0.3, 0.4) is 0 Å². The minimum atomic E-state index is 0.463. The third-order valence-corrected chi connectivity index (χ3v) is 1.58. The number of rotatable bonds is 2. The molecule has 0 aliphatic rings. The van der Waals surface area contributed by atoms with E-state index in [1.165, 1.54) is 0 Å². The molecule has 2 nitrogen and oxygen atoms in total. The van der Waals surface area contributed by atoms with Gasteiger partial charge in [-0.3, -0.25) is 4.98 Å². The van der Waals surface area contributed by atoms with Gasteiger partial charge in [0.15, 0.2) is 0 Å². The molecule has 0 spiro atoms. The summed E-state index contributed by atoms with van der Waals surface area (Å²) in [7, 11) is 1.67. The lowest BCUT2D eigenvalue weighted by Gasteiger charge is -2.05. The van der Waals surface area contributed by atoms with E-state index in [-0.39, 0.29) is 0 Å². The van der Waals surface area contributed by atoms with Gasteiger partial charge in [-0.1, -0.05) is 13.8 Å². The SMILES string of the molecule is COc1ccnc(C(C)C)c1. The average molecular weight is 151 g/mol. The first-order valence-corrected chi connectivity index (χ1v) is 3.74. The Morgan fingerprint density at radius 2 is 2.18 bits per heavy atom. The minimum Gasteiger partial charge on any atom is -0.497 e. The minimum absolute atomic E-state index is 0.463. The third-order valence-electron chi connectivity index (χ3n) is 1.58. The van der Waals surface area contributed by atoms with Crippen LogP contribution in [0.5, 0.6) is 5.75 Å². The van der Waals surface area contributed by atoms with E-state index in [0.29, 0.717) is 5.92 Å². The molecule has 0 fully saturated rings. The molecule has 0 radical (unpaired) electrons. The zero-order valence-corrected chi connectivity index (χ0v) is 7.16. The first-order valence-electron chi connectivity index (χ1n) is 3.74. The summed E-state index contributed by atoms with van der Waals surface area (Å²) in [5.41, 5.74) is 1.07. The molecule has 0 aliphatic heterocycles. The Hall–Kier alpha value is -1.05. The second-order valence-electron chi connectivity index (χ2n) is 2.78. The van der Waals surface area contributed by atoms with E-state index in [9.17, 15) is 0 Å². The van der Waals surface area contributed by atoms with Crippen molar-refractivity contribution >= 4 is 0 Å². The molecule has 11 heavy (non-hydrogen) atoms. The van der Waals surface area contributed by atoms with Crippen molar-refractivity contribution in [3.8, 4) is 5.75 Å². The molecule has 1 aromatic heterocycles. The van der Waals surface area contributed by atoms with Gasteiger partial charge < -0.3 is 4.74 Å². The molecule has 60 valence electrons. The highest BCUT2D eigenvalue weighted by Gasteiger charge is 2.00. The van der Waals surface area contributed by atoms with Crippen molar-refractivity contribution in [2.75, 3.05) is 7.11 Å². The van der Waals surface area contributed by atoms with E-state index in [0.717, 1.165) is 11.4 Å². The molecule has 0 saturated heterocycles. The fourth-order valence-corrected chi connectivity index (χ4v) is 0.871. The van der Waals surface area contributed by atoms with E-state index in [1.807, 2.05) is 12.1 Å². The van der Waals surface area contributed by atoms with E-state index >= 15 is 0 Å². The van der Waals surface area contributed by atoms with Gasteiger partial charge in [0.2, 0.25) is 0 Å². The lowest BCUT2D eigenvalue weighted by Crippen LogP contribution is -1.92. The van der Waals surface area contributed by atoms with Crippen LogP contribution in [-0.2, 0) is 0 Å². The van der Waals surface area contributed by atoms with Crippen molar-refractivity contribution in [1.29, 1.82) is 0 Å². The molecule has 0 aliphatic carbocycles. The van der Waals surface area contributed by atoms with Gasteiger partial charge in [-0.05, 0) is 12.0 Å². The molecule has 0 saturated carbocycles. The van der Waals surface area contributed by atoms with Gasteiger partial charge in [0.05, 0.1) is 7.11 Å². The maximum absolute atomic E-state index is 5.07. The molecule has 0 unspecified atom stereocenters. The topological polar surface area (TPSA) is 22.1 Å². The fraction of sp³-hybridized carbons (Fsp3) is 0.444. The standard InChI is InChI=1S/C9H13NO/c1-7(2)9-6-8(11-3)4-5-10-9/h4-7H,1-3H3. The highest BCUT2D eigenvalue weighted by atomic mass is 16.5. The summed E-state index contributed by atoms with van der Waals surface area (Å²) in [6, 6.07) is 3.82. The summed E-state index contributed by atoms with van der Waals surface area (Å²) in [4.78, 5) is 4.21. The number of methoxy groups -OCH3 is 1. The zero-order valence-electron chi connectivity index (χ0n) is 7.16. The highest BCUT2D eigenvalue weighted by Crippen LogP contribution is 2.16. The molecule has 0 aromatic carbocycles. The van der Waals surface area contributed by atoms with Crippen LogP contribution in [0.1, 0.15) is 25.5 Å². The van der Waals surface area contributed by atoms with E-state index in [4.69, 9.17) is 4.74 Å². The Morgan fingerprint density at radius 1 is 1.45 bits per heavy atom. The second kappa shape index (κ2) is 3.37. The quantitative estimate of drug-likeness (QED) is 0.646. The second-order valence-corrected chi connectivity index (χ2v) is 2.78. The lowest BCUT2D eigenvalue weighted by molar-refractivity contribution is 0.413. The van der Waals surface area contributed by atoms with Crippen molar-refractivity contribution in [3.05, 3.63) is 24.0 Å². The van der Waals surface area contributed by atoms with Crippen molar-refractivity contribution in [2.45, 2.75) is 19.8 Å². The van der Waals surface area contributed by atoms with Gasteiger partial charge in [0, 0.05) is 18.0 Å². The summed E-state index contributed by atoms with van der Waals surface area (Å²) in [6.07, 6.45) is 1.77. The Labute approximate surface area is 67.2 Å². The van der Waals surface area contributed by atoms with E-state index in [2.05, 4.69) is 18.8 Å². The van der Waals surface area contributed by atoms with Crippen LogP contribution >= 0.6 is 0 Å². The van der Waals surface area contributed by atoms with Gasteiger partial charge in [0.25, 0.3) is 0 Å². The smallest absolute Gasteiger partial charge is 0.122 e. The van der Waals surface area contributed by atoms with E-state index < -0.39 is 0 Å². The number of hydrogen-bond donors (Lipinski definition) is 0. The van der Waals surface area contributed by atoms with Gasteiger partial charge in [-0.2, -0.15) is 0 Å². The van der Waals surface area contributed by atoms with Crippen molar-refractivity contribution in [1.82, 2.24) is 4.98 Å². The number of pyridine rings is 1. The number of ether oxygens (including phenoxy) is 1. The van der Waals surface area contributed by atoms with Gasteiger partial charge in [0.1, 0.15) is 5.75 Å². The number of hydrogen-bond acceptors (Lipinski definition) is 2. The Morgan fingerprint density at radius 3 is 2.73 bits per heavy atom. The van der Waals surface area contributed by atoms with Crippen LogP contribution in [0.25, 0.3) is 0 Å². The molecule has 0 amide bonds. The fourth-order valence-electron chi connectivity index (χ4n) is 0.871. The van der Waals surface area contributed by atoms with Gasteiger partial charge in [-0.15, -0.1) is 0 Å². The zero-order chi connectivity index (χ0) is 8.27. The summed E-state index contributed by atoms with van der Waals surface area (Å²) in [5.74, 6) is 1.34. The first kappa shape index (κ1) is 8.05. The van der Waals surface area contributed by atoms with Crippen LogP contribution < -0.4 is 4.74 Å². The largest absolute Gasteiger partial charge is 0.497 e. The van der Waals surface area contributed by atoms with Crippen molar-refractivity contribution in [2.24, 2.45) is 0 Å². The molecule has 0 N–H and O–H groups in total. The Kier molecular flexibility index (Phi) is 2.47. The molecule has 0 atom stereocenters. The molecular weight excluding hydrogens is 138 g/mol. The molecule has 1 aromatic rings. The molecule has 2 heteroatoms. The average Bonchev–Trinajstić information content (AvgIpc) is 2.05. The lowest BCUT2D eigenvalue weighted by atomic mass is 10.1. The Bertz CT molecular complexity index is 233.